The van der Waals surface area contributed by atoms with E-state index >= 15 is 0 Å². The summed E-state index contributed by atoms with van der Waals surface area (Å²) >= 11 is 0. The molecule has 0 radical (unpaired) electrons. The van der Waals surface area contributed by atoms with Crippen LogP contribution in [0.15, 0.2) is 23.1 Å². The minimum absolute atomic E-state index is 0.0975. The largest absolute Gasteiger partial charge is 0.497 e. The highest BCUT2D eigenvalue weighted by atomic mass is 32.2. The highest BCUT2D eigenvalue weighted by Gasteiger charge is 2.36. The van der Waals surface area contributed by atoms with E-state index in [1.807, 2.05) is 0 Å². The first kappa shape index (κ1) is 12.8. The molecule has 0 aliphatic heterocycles. The van der Waals surface area contributed by atoms with Crippen molar-refractivity contribution in [3.05, 3.63) is 23.8 Å². The van der Waals surface area contributed by atoms with Gasteiger partial charge in [-0.15, -0.1) is 0 Å². The van der Waals surface area contributed by atoms with Gasteiger partial charge < -0.3 is 4.74 Å². The van der Waals surface area contributed by atoms with Gasteiger partial charge in [-0.1, -0.05) is 0 Å². The molecule has 16 heavy (non-hydrogen) atoms. The van der Waals surface area contributed by atoms with Crippen LogP contribution in [0, 0.1) is 0 Å². The van der Waals surface area contributed by atoms with Crippen molar-refractivity contribution < 1.29 is 26.3 Å². The van der Waals surface area contributed by atoms with Crippen molar-refractivity contribution in [2.45, 2.75) is 11.1 Å². The third-order valence-electron chi connectivity index (χ3n) is 1.80. The second kappa shape index (κ2) is 3.95. The van der Waals surface area contributed by atoms with Gasteiger partial charge >= 0.3 is 6.18 Å². The average Bonchev–Trinajstić information content (AvgIpc) is 2.14. The Morgan fingerprint density at radius 2 is 1.88 bits per heavy atom. The van der Waals surface area contributed by atoms with E-state index in [1.54, 1.807) is 0 Å². The van der Waals surface area contributed by atoms with Gasteiger partial charge in [0.2, 0.25) is 10.0 Å². The lowest BCUT2D eigenvalue weighted by Crippen LogP contribution is -2.19. The third-order valence-corrected chi connectivity index (χ3v) is 2.77. The Labute approximate surface area is 89.9 Å². The van der Waals surface area contributed by atoms with E-state index in [1.165, 1.54) is 7.11 Å². The van der Waals surface area contributed by atoms with Crippen molar-refractivity contribution >= 4 is 10.0 Å². The van der Waals surface area contributed by atoms with E-state index in [9.17, 15) is 21.6 Å². The van der Waals surface area contributed by atoms with Crippen LogP contribution >= 0.6 is 0 Å². The quantitative estimate of drug-likeness (QED) is 0.867. The number of nitrogens with two attached hydrogens (primary N) is 1. The summed E-state index contributed by atoms with van der Waals surface area (Å²) in [5.41, 5.74) is -1.34. The van der Waals surface area contributed by atoms with Crippen molar-refractivity contribution in [2.75, 3.05) is 7.11 Å². The fourth-order valence-electron chi connectivity index (χ4n) is 1.11. The molecular weight excluding hydrogens is 247 g/mol. The highest BCUT2D eigenvalue weighted by Crippen LogP contribution is 2.35. The van der Waals surface area contributed by atoms with Crippen molar-refractivity contribution in [3.8, 4) is 5.75 Å². The smallest absolute Gasteiger partial charge is 0.417 e. The first-order chi connectivity index (χ1) is 7.16. The normalized spacial score (nSPS) is 12.6. The molecule has 0 fully saturated rings. The number of alkyl halides is 3. The van der Waals surface area contributed by atoms with Crippen LogP contribution in [0.3, 0.4) is 0 Å². The Hall–Kier alpha value is -1.28. The summed E-state index contributed by atoms with van der Waals surface area (Å²) in [5, 5.41) is 4.68. The zero-order valence-electron chi connectivity index (χ0n) is 8.08. The number of primary sulfonamides is 1. The van der Waals surface area contributed by atoms with E-state index in [0.717, 1.165) is 12.1 Å². The summed E-state index contributed by atoms with van der Waals surface area (Å²) < 4.78 is 64.0. The van der Waals surface area contributed by atoms with Crippen molar-refractivity contribution in [2.24, 2.45) is 5.14 Å². The predicted octanol–water partition coefficient (Wildman–Crippen LogP) is 1.36. The lowest BCUT2D eigenvalue weighted by molar-refractivity contribution is -0.140. The zero-order valence-corrected chi connectivity index (χ0v) is 8.89. The maximum absolute atomic E-state index is 12.5. The first-order valence-corrected chi connectivity index (χ1v) is 5.49. The molecule has 1 rings (SSSR count). The number of ether oxygens (including phenoxy) is 1. The highest BCUT2D eigenvalue weighted by molar-refractivity contribution is 7.89. The molecule has 0 unspecified atom stereocenters. The Bertz CT molecular complexity index is 496. The van der Waals surface area contributed by atoms with Gasteiger partial charge in [0.1, 0.15) is 5.75 Å². The number of methoxy groups -OCH3 is 1. The van der Waals surface area contributed by atoms with E-state index in [4.69, 9.17) is 0 Å². The molecule has 0 atom stereocenters. The van der Waals surface area contributed by atoms with Crippen LogP contribution in [0.25, 0.3) is 0 Å². The zero-order chi connectivity index (χ0) is 12.6. The third kappa shape index (κ3) is 2.64. The van der Waals surface area contributed by atoms with Crippen LogP contribution in [-0.4, -0.2) is 15.5 Å². The molecule has 0 aliphatic carbocycles. The molecule has 0 aromatic heterocycles. The standard InChI is InChI=1S/C8H8F3NO3S/c1-15-5-2-3-7(16(12,13)14)6(4-5)8(9,10)11/h2-4H,1H3,(H2,12,13,14). The second-order valence-electron chi connectivity index (χ2n) is 2.90. The summed E-state index contributed by atoms with van der Waals surface area (Å²) in [7, 11) is -3.24. The molecule has 0 aliphatic rings. The van der Waals surface area contributed by atoms with Gasteiger partial charge in [0.15, 0.2) is 0 Å². The van der Waals surface area contributed by atoms with E-state index in [0.29, 0.717) is 6.07 Å². The Morgan fingerprint density at radius 3 is 2.25 bits per heavy atom. The molecule has 1 aromatic rings. The number of sulfonamides is 1. The number of benzene rings is 1. The van der Waals surface area contributed by atoms with Crippen LogP contribution in [0.4, 0.5) is 13.2 Å². The molecule has 0 heterocycles. The maximum Gasteiger partial charge on any atom is 0.417 e. The first-order valence-electron chi connectivity index (χ1n) is 3.94. The number of rotatable bonds is 2. The number of hydrogen-bond acceptors (Lipinski definition) is 3. The van der Waals surface area contributed by atoms with Crippen LogP contribution in [0.5, 0.6) is 5.75 Å². The fourth-order valence-corrected chi connectivity index (χ4v) is 1.84. The van der Waals surface area contributed by atoms with Gasteiger partial charge in [0, 0.05) is 0 Å². The number of hydrogen-bond donors (Lipinski definition) is 1. The van der Waals surface area contributed by atoms with Gasteiger partial charge in [-0.25, -0.2) is 13.6 Å². The Kier molecular flexibility index (Phi) is 3.15. The van der Waals surface area contributed by atoms with E-state index in [-0.39, 0.29) is 5.75 Å². The summed E-state index contributed by atoms with van der Waals surface area (Å²) in [6.45, 7) is 0. The Morgan fingerprint density at radius 1 is 1.31 bits per heavy atom. The molecule has 0 saturated carbocycles. The summed E-state index contributed by atoms with van der Waals surface area (Å²) in [5.74, 6) is -0.0975. The second-order valence-corrected chi connectivity index (χ2v) is 4.43. The minimum atomic E-state index is -4.81. The maximum atomic E-state index is 12.5. The summed E-state index contributed by atoms with van der Waals surface area (Å²) in [6.07, 6.45) is -4.81. The van der Waals surface area contributed by atoms with Gasteiger partial charge in [0.05, 0.1) is 17.6 Å². The van der Waals surface area contributed by atoms with Crippen molar-refractivity contribution in [3.63, 3.8) is 0 Å². The molecule has 0 saturated heterocycles. The molecule has 0 spiro atoms. The van der Waals surface area contributed by atoms with Crippen LogP contribution < -0.4 is 9.88 Å². The minimum Gasteiger partial charge on any atom is -0.497 e. The molecular formula is C8H8F3NO3S. The van der Waals surface area contributed by atoms with Gasteiger partial charge in [-0.05, 0) is 18.2 Å². The van der Waals surface area contributed by atoms with Crippen LogP contribution in [0.1, 0.15) is 5.56 Å². The molecule has 8 heteroatoms. The van der Waals surface area contributed by atoms with Gasteiger partial charge in [-0.3, -0.25) is 0 Å². The molecule has 1 aromatic carbocycles. The lowest BCUT2D eigenvalue weighted by Gasteiger charge is -2.12. The lowest BCUT2D eigenvalue weighted by atomic mass is 10.2. The summed E-state index contributed by atoms with van der Waals surface area (Å²) in [6, 6.07) is 2.44. The monoisotopic (exact) mass is 255 g/mol. The van der Waals surface area contributed by atoms with E-state index in [2.05, 4.69) is 9.88 Å². The van der Waals surface area contributed by atoms with E-state index < -0.39 is 26.7 Å². The van der Waals surface area contributed by atoms with Crippen molar-refractivity contribution in [1.82, 2.24) is 0 Å². The Balaban J connectivity index is 3.52. The predicted molar refractivity (Wildman–Crippen MR) is 49.4 cm³/mol. The van der Waals surface area contributed by atoms with Crippen molar-refractivity contribution in [1.29, 1.82) is 0 Å². The molecule has 0 bridgehead atoms. The van der Waals surface area contributed by atoms with Gasteiger partial charge in [0.25, 0.3) is 0 Å². The van der Waals surface area contributed by atoms with Crippen LogP contribution in [0.2, 0.25) is 0 Å². The van der Waals surface area contributed by atoms with Crippen LogP contribution in [-0.2, 0) is 16.2 Å². The van der Waals surface area contributed by atoms with Gasteiger partial charge in [-0.2, -0.15) is 13.2 Å². The molecule has 2 N–H and O–H groups in total. The number of halogens is 3. The topological polar surface area (TPSA) is 69.4 Å². The molecule has 0 amide bonds. The average molecular weight is 255 g/mol. The fraction of sp³-hybridized carbons (Fsp3) is 0.250. The summed E-state index contributed by atoms with van der Waals surface area (Å²) in [4.78, 5) is -0.971. The molecule has 90 valence electrons. The SMILES string of the molecule is COc1ccc(S(N)(=O)=O)c(C(F)(F)F)c1. The molecule has 4 nitrogen and oxygen atoms in total.